The predicted molar refractivity (Wildman–Crippen MR) is 113 cm³/mol. The fraction of sp³-hybridized carbons (Fsp3) is 0.409. The highest BCUT2D eigenvalue weighted by Crippen LogP contribution is 2.33. The summed E-state index contributed by atoms with van der Waals surface area (Å²) in [6.45, 7) is 3.98. The van der Waals surface area contributed by atoms with Crippen LogP contribution in [0.2, 0.25) is 0 Å². The first-order valence-corrected chi connectivity index (χ1v) is 9.50. The molecule has 1 aliphatic rings. The number of benzene rings is 2. The number of hydrogen-bond donors (Lipinski definition) is 2. The second-order valence-corrected chi connectivity index (χ2v) is 7.12. The Morgan fingerprint density at radius 1 is 1.14 bits per heavy atom. The minimum absolute atomic E-state index is 0. The number of rotatable bonds is 7. The van der Waals surface area contributed by atoms with Crippen molar-refractivity contribution in [2.75, 3.05) is 19.8 Å². The van der Waals surface area contributed by atoms with E-state index in [4.69, 9.17) is 15.2 Å². The van der Waals surface area contributed by atoms with Crippen LogP contribution in [0.4, 0.5) is 0 Å². The summed E-state index contributed by atoms with van der Waals surface area (Å²) >= 11 is 0. The van der Waals surface area contributed by atoms with Gasteiger partial charge in [0.25, 0.3) is 0 Å². The molecule has 3 N–H and O–H groups in total. The average molecular weight is 405 g/mol. The van der Waals surface area contributed by atoms with Gasteiger partial charge in [0, 0.05) is 25.7 Å². The van der Waals surface area contributed by atoms with E-state index < -0.39 is 5.54 Å². The van der Waals surface area contributed by atoms with E-state index in [1.165, 1.54) is 0 Å². The van der Waals surface area contributed by atoms with Gasteiger partial charge in [0.15, 0.2) is 0 Å². The Balaban J connectivity index is 0.00000280. The van der Waals surface area contributed by atoms with E-state index in [1.54, 1.807) is 0 Å². The summed E-state index contributed by atoms with van der Waals surface area (Å²) < 4.78 is 11.4. The Labute approximate surface area is 173 Å². The molecule has 5 nitrogen and oxygen atoms in total. The first-order chi connectivity index (χ1) is 13.1. The van der Waals surface area contributed by atoms with Crippen molar-refractivity contribution in [2.45, 2.75) is 31.9 Å². The summed E-state index contributed by atoms with van der Waals surface area (Å²) in [6.07, 6.45) is 1.50. The van der Waals surface area contributed by atoms with Crippen LogP contribution >= 0.6 is 12.4 Å². The number of nitrogens with two attached hydrogens (primary N) is 1. The lowest BCUT2D eigenvalue weighted by Gasteiger charge is -2.39. The summed E-state index contributed by atoms with van der Waals surface area (Å²) in [7, 11) is 0. The quantitative estimate of drug-likeness (QED) is 0.741. The Kier molecular flexibility index (Phi) is 8.30. The third-order valence-corrected chi connectivity index (χ3v) is 5.17. The molecule has 0 bridgehead atoms. The van der Waals surface area contributed by atoms with E-state index in [0.29, 0.717) is 26.4 Å². The van der Waals surface area contributed by atoms with Crippen LogP contribution < -0.4 is 15.8 Å². The highest BCUT2D eigenvalue weighted by molar-refractivity contribution is 5.85. The molecule has 6 heteroatoms. The van der Waals surface area contributed by atoms with Crippen LogP contribution in [0, 0.1) is 5.92 Å². The normalized spacial score (nSPS) is 16.5. The SMILES string of the molecule is CC(CN)C(=O)NC1(c2ccc(OCc3ccccc3)cc2)CCOCC1.Cl. The van der Waals surface area contributed by atoms with Gasteiger partial charge in [-0.1, -0.05) is 49.4 Å². The van der Waals surface area contributed by atoms with Crippen molar-refractivity contribution >= 4 is 18.3 Å². The standard InChI is InChI=1S/C22H28N2O3.ClH/c1-17(15-23)21(25)24-22(11-13-26-14-12-22)19-7-9-20(10-8-19)27-16-18-5-3-2-4-6-18;/h2-10,17H,11-16,23H2,1H3,(H,24,25);1H. The zero-order chi connectivity index (χ0) is 19.1. The van der Waals surface area contributed by atoms with Crippen LogP contribution in [0.25, 0.3) is 0 Å². The summed E-state index contributed by atoms with van der Waals surface area (Å²) in [5.74, 6) is 0.591. The van der Waals surface area contributed by atoms with Crippen LogP contribution in [0.3, 0.4) is 0 Å². The minimum atomic E-state index is -0.406. The Hall–Kier alpha value is -2.08. The fourth-order valence-corrected chi connectivity index (χ4v) is 3.28. The highest BCUT2D eigenvalue weighted by atomic mass is 35.5. The molecule has 1 heterocycles. The maximum absolute atomic E-state index is 12.5. The number of nitrogens with one attached hydrogen (secondary N) is 1. The number of ether oxygens (including phenoxy) is 2. The summed E-state index contributed by atoms with van der Waals surface area (Å²) in [5.41, 5.74) is 7.46. The fourth-order valence-electron chi connectivity index (χ4n) is 3.28. The lowest BCUT2D eigenvalue weighted by molar-refractivity contribution is -0.127. The molecule has 1 unspecified atom stereocenters. The monoisotopic (exact) mass is 404 g/mol. The first-order valence-electron chi connectivity index (χ1n) is 9.50. The van der Waals surface area contributed by atoms with Gasteiger partial charge in [0.1, 0.15) is 12.4 Å². The lowest BCUT2D eigenvalue weighted by Crippen LogP contribution is -2.51. The number of carbonyl (C=O) groups excluding carboxylic acids is 1. The molecule has 1 atom stereocenters. The molecular formula is C22H29ClN2O3. The smallest absolute Gasteiger partial charge is 0.224 e. The topological polar surface area (TPSA) is 73.6 Å². The Morgan fingerprint density at radius 2 is 1.79 bits per heavy atom. The third-order valence-electron chi connectivity index (χ3n) is 5.17. The van der Waals surface area contributed by atoms with Gasteiger partial charge >= 0.3 is 0 Å². The van der Waals surface area contributed by atoms with Crippen molar-refractivity contribution < 1.29 is 14.3 Å². The molecule has 1 aliphatic heterocycles. The van der Waals surface area contributed by atoms with Gasteiger partial charge in [-0.2, -0.15) is 0 Å². The first kappa shape index (κ1) is 22.2. The van der Waals surface area contributed by atoms with Gasteiger partial charge in [-0.25, -0.2) is 0 Å². The second-order valence-electron chi connectivity index (χ2n) is 7.12. The van der Waals surface area contributed by atoms with Crippen molar-refractivity contribution in [2.24, 2.45) is 11.7 Å². The predicted octanol–water partition coefficient (Wildman–Crippen LogP) is 3.40. The zero-order valence-corrected chi connectivity index (χ0v) is 17.0. The molecule has 28 heavy (non-hydrogen) atoms. The second kappa shape index (κ2) is 10.5. The maximum atomic E-state index is 12.5. The molecule has 0 radical (unpaired) electrons. The molecule has 3 rings (SSSR count). The van der Waals surface area contributed by atoms with Crippen LogP contribution in [0.15, 0.2) is 54.6 Å². The van der Waals surface area contributed by atoms with E-state index in [-0.39, 0.29) is 24.2 Å². The van der Waals surface area contributed by atoms with E-state index in [0.717, 1.165) is 29.7 Å². The van der Waals surface area contributed by atoms with Crippen LogP contribution in [0.5, 0.6) is 5.75 Å². The van der Waals surface area contributed by atoms with E-state index in [2.05, 4.69) is 5.32 Å². The van der Waals surface area contributed by atoms with Crippen molar-refractivity contribution in [3.05, 3.63) is 65.7 Å². The molecule has 0 spiro atoms. The molecule has 152 valence electrons. The summed E-state index contributed by atoms with van der Waals surface area (Å²) in [5, 5.41) is 3.24. The number of hydrogen-bond acceptors (Lipinski definition) is 4. The van der Waals surface area contributed by atoms with Crippen molar-refractivity contribution in [1.82, 2.24) is 5.32 Å². The van der Waals surface area contributed by atoms with Crippen molar-refractivity contribution in [3.63, 3.8) is 0 Å². The van der Waals surface area contributed by atoms with Gasteiger partial charge in [0.2, 0.25) is 5.91 Å². The van der Waals surface area contributed by atoms with Gasteiger partial charge in [-0.15, -0.1) is 12.4 Å². The number of carbonyl (C=O) groups is 1. The summed E-state index contributed by atoms with van der Waals surface area (Å²) in [4.78, 5) is 12.5. The van der Waals surface area contributed by atoms with Crippen molar-refractivity contribution in [3.8, 4) is 5.75 Å². The van der Waals surface area contributed by atoms with Gasteiger partial charge < -0.3 is 20.5 Å². The molecule has 0 aliphatic carbocycles. The van der Waals surface area contributed by atoms with Crippen LogP contribution in [0.1, 0.15) is 30.9 Å². The third kappa shape index (κ3) is 5.47. The molecule has 0 aromatic heterocycles. The maximum Gasteiger partial charge on any atom is 0.224 e. The minimum Gasteiger partial charge on any atom is -0.489 e. The van der Waals surface area contributed by atoms with E-state index in [1.807, 2.05) is 61.5 Å². The Morgan fingerprint density at radius 3 is 2.39 bits per heavy atom. The lowest BCUT2D eigenvalue weighted by atomic mass is 9.82. The molecule has 1 fully saturated rings. The molecular weight excluding hydrogens is 376 g/mol. The van der Waals surface area contributed by atoms with E-state index >= 15 is 0 Å². The van der Waals surface area contributed by atoms with Gasteiger partial charge in [-0.05, 0) is 36.1 Å². The van der Waals surface area contributed by atoms with Gasteiger partial charge in [-0.3, -0.25) is 4.79 Å². The molecule has 1 saturated heterocycles. The zero-order valence-electron chi connectivity index (χ0n) is 16.2. The molecule has 2 aromatic rings. The largest absolute Gasteiger partial charge is 0.489 e. The highest BCUT2D eigenvalue weighted by Gasteiger charge is 2.36. The van der Waals surface area contributed by atoms with Crippen LogP contribution in [-0.2, 0) is 21.7 Å². The van der Waals surface area contributed by atoms with Crippen molar-refractivity contribution in [1.29, 1.82) is 0 Å². The number of amides is 1. The summed E-state index contributed by atoms with van der Waals surface area (Å²) in [6, 6.07) is 18.1. The molecule has 1 amide bonds. The molecule has 2 aromatic carbocycles. The average Bonchev–Trinajstić information content (AvgIpc) is 2.73. The number of halogens is 1. The Bertz CT molecular complexity index is 731. The van der Waals surface area contributed by atoms with Gasteiger partial charge in [0.05, 0.1) is 5.54 Å². The van der Waals surface area contributed by atoms with E-state index in [9.17, 15) is 4.79 Å². The van der Waals surface area contributed by atoms with Crippen LogP contribution in [-0.4, -0.2) is 25.7 Å². The molecule has 0 saturated carbocycles.